The van der Waals surface area contributed by atoms with Gasteiger partial charge in [0.2, 0.25) is 11.8 Å². The maximum atomic E-state index is 13.1. The lowest BCUT2D eigenvalue weighted by Gasteiger charge is -2.27. The van der Waals surface area contributed by atoms with E-state index in [0.717, 1.165) is 36.9 Å². The van der Waals surface area contributed by atoms with Crippen molar-refractivity contribution in [1.82, 2.24) is 9.47 Å². The van der Waals surface area contributed by atoms with Crippen molar-refractivity contribution in [1.29, 1.82) is 5.26 Å². The minimum atomic E-state index is -0.241. The fraction of sp³-hybridized carbons (Fsp3) is 0.519. The molecule has 0 radical (unpaired) electrons. The van der Waals surface area contributed by atoms with E-state index in [1.54, 1.807) is 23.1 Å². The number of nitriles is 1. The predicted octanol–water partition coefficient (Wildman–Crippen LogP) is 4.15. The van der Waals surface area contributed by atoms with E-state index >= 15 is 0 Å². The van der Waals surface area contributed by atoms with E-state index in [0.29, 0.717) is 48.3 Å². The molecule has 2 heterocycles. The summed E-state index contributed by atoms with van der Waals surface area (Å²) in [6.45, 7) is 7.46. The number of fused-ring (bicyclic) bond motifs is 1. The molecule has 2 aliphatic rings. The van der Waals surface area contributed by atoms with Crippen molar-refractivity contribution in [2.75, 3.05) is 43.5 Å². The second-order valence-corrected chi connectivity index (χ2v) is 9.47. The summed E-state index contributed by atoms with van der Waals surface area (Å²) in [4.78, 5) is 27.5. The average molecular weight is 494 g/mol. The molecule has 0 unspecified atom stereocenters. The lowest BCUT2D eigenvalue weighted by atomic mass is 9.95. The van der Waals surface area contributed by atoms with Crippen molar-refractivity contribution in [3.63, 3.8) is 0 Å². The zero-order valence-corrected chi connectivity index (χ0v) is 21.4. The van der Waals surface area contributed by atoms with Crippen LogP contribution in [-0.2, 0) is 9.59 Å². The van der Waals surface area contributed by atoms with E-state index < -0.39 is 0 Å². The molecule has 36 heavy (non-hydrogen) atoms. The second-order valence-electron chi connectivity index (χ2n) is 9.47. The number of ether oxygens (including phenoxy) is 2. The van der Waals surface area contributed by atoms with E-state index in [4.69, 9.17) is 9.47 Å². The number of benzene rings is 1. The lowest BCUT2D eigenvalue weighted by molar-refractivity contribution is -0.119. The van der Waals surface area contributed by atoms with Gasteiger partial charge in [0.1, 0.15) is 25.1 Å². The van der Waals surface area contributed by atoms with Crippen LogP contribution in [-0.4, -0.2) is 54.1 Å². The summed E-state index contributed by atoms with van der Waals surface area (Å²) in [5, 5.41) is 15.7. The first-order chi connectivity index (χ1) is 17.4. The van der Waals surface area contributed by atoms with Crippen LogP contribution in [0.4, 0.5) is 11.5 Å². The standard InChI is InChI=1S/C27H35N5O4/c1-4-31(16-25(33)29-20-10-11-23-24(14-20)36-13-12-35-23)17-26(34)30-27-22(15-28)18(2)19(3)32(27)21-8-6-5-7-9-21/h10-11,14,21H,4-9,12-13,16-17H2,1-3H3,(H,29,33)(H,30,34). The van der Waals surface area contributed by atoms with Crippen LogP contribution in [0.15, 0.2) is 18.2 Å². The summed E-state index contributed by atoms with van der Waals surface area (Å²) in [7, 11) is 0. The third kappa shape index (κ3) is 5.65. The van der Waals surface area contributed by atoms with Crippen LogP contribution in [0.2, 0.25) is 0 Å². The zero-order valence-electron chi connectivity index (χ0n) is 21.4. The summed E-state index contributed by atoms with van der Waals surface area (Å²) in [5.74, 6) is 1.38. The van der Waals surface area contributed by atoms with Gasteiger partial charge in [0.05, 0.1) is 18.7 Å². The Labute approximate surface area is 212 Å². The quantitative estimate of drug-likeness (QED) is 0.572. The van der Waals surface area contributed by atoms with Gasteiger partial charge in [-0.3, -0.25) is 14.5 Å². The number of hydrogen-bond acceptors (Lipinski definition) is 6. The Balaban J connectivity index is 1.40. The van der Waals surface area contributed by atoms with Crippen LogP contribution in [0.1, 0.15) is 61.9 Å². The summed E-state index contributed by atoms with van der Waals surface area (Å²) < 4.78 is 13.2. The van der Waals surface area contributed by atoms with Gasteiger partial charge in [0, 0.05) is 23.5 Å². The number of carbonyl (C=O) groups excluding carboxylic acids is 2. The molecule has 0 spiro atoms. The first-order valence-corrected chi connectivity index (χ1v) is 12.7. The van der Waals surface area contributed by atoms with Crippen LogP contribution >= 0.6 is 0 Å². The largest absolute Gasteiger partial charge is 0.486 e. The van der Waals surface area contributed by atoms with Gasteiger partial charge in [-0.15, -0.1) is 0 Å². The first-order valence-electron chi connectivity index (χ1n) is 12.7. The van der Waals surface area contributed by atoms with Crippen LogP contribution in [0.3, 0.4) is 0 Å². The van der Waals surface area contributed by atoms with Crippen LogP contribution in [0, 0.1) is 25.2 Å². The molecule has 2 aromatic rings. The van der Waals surface area contributed by atoms with E-state index in [1.807, 2.05) is 20.8 Å². The van der Waals surface area contributed by atoms with Gasteiger partial charge in [-0.1, -0.05) is 26.2 Å². The van der Waals surface area contributed by atoms with Gasteiger partial charge >= 0.3 is 0 Å². The Hall–Kier alpha value is -3.51. The van der Waals surface area contributed by atoms with E-state index in [9.17, 15) is 14.9 Å². The molecule has 0 bridgehead atoms. The number of rotatable bonds is 8. The highest BCUT2D eigenvalue weighted by atomic mass is 16.6. The van der Waals surface area contributed by atoms with Gasteiger partial charge in [-0.05, 0) is 50.9 Å². The van der Waals surface area contributed by atoms with E-state index in [-0.39, 0.29) is 30.9 Å². The number of nitrogens with zero attached hydrogens (tertiary/aromatic N) is 3. The topological polar surface area (TPSA) is 109 Å². The number of carbonyl (C=O) groups is 2. The maximum absolute atomic E-state index is 13.1. The van der Waals surface area contributed by atoms with Gasteiger partial charge < -0.3 is 24.7 Å². The predicted molar refractivity (Wildman–Crippen MR) is 138 cm³/mol. The lowest BCUT2D eigenvalue weighted by Crippen LogP contribution is -2.39. The smallest absolute Gasteiger partial charge is 0.239 e. The summed E-state index contributed by atoms with van der Waals surface area (Å²) in [6, 6.07) is 7.85. The molecule has 4 rings (SSSR count). The van der Waals surface area contributed by atoms with Crippen LogP contribution in [0.5, 0.6) is 11.5 Å². The van der Waals surface area contributed by atoms with Gasteiger partial charge in [0.25, 0.3) is 0 Å². The SMILES string of the molecule is CCN(CC(=O)Nc1ccc2c(c1)OCCO2)CC(=O)Nc1c(C#N)c(C)c(C)n1C1CCCCC1. The Morgan fingerprint density at radius 1 is 1.06 bits per heavy atom. The molecule has 1 aliphatic carbocycles. The minimum Gasteiger partial charge on any atom is -0.486 e. The third-order valence-electron chi connectivity index (χ3n) is 7.07. The van der Waals surface area contributed by atoms with E-state index in [1.165, 1.54) is 6.42 Å². The van der Waals surface area contributed by atoms with Crippen molar-refractivity contribution < 1.29 is 19.1 Å². The zero-order chi connectivity index (χ0) is 25.7. The molecular formula is C27H35N5O4. The number of nitrogens with one attached hydrogen (secondary N) is 2. The van der Waals surface area contributed by atoms with Crippen molar-refractivity contribution in [3.8, 4) is 17.6 Å². The fourth-order valence-electron chi connectivity index (χ4n) is 5.06. The Morgan fingerprint density at radius 3 is 2.39 bits per heavy atom. The minimum absolute atomic E-state index is 0.0455. The van der Waals surface area contributed by atoms with Crippen LogP contribution < -0.4 is 20.1 Å². The number of hydrogen-bond donors (Lipinski definition) is 2. The highest BCUT2D eigenvalue weighted by molar-refractivity contribution is 5.95. The molecular weight excluding hydrogens is 458 g/mol. The Morgan fingerprint density at radius 2 is 1.72 bits per heavy atom. The molecule has 9 nitrogen and oxygen atoms in total. The average Bonchev–Trinajstić information content (AvgIpc) is 3.12. The summed E-state index contributed by atoms with van der Waals surface area (Å²) in [6.07, 6.45) is 5.62. The molecule has 0 saturated heterocycles. The highest BCUT2D eigenvalue weighted by Gasteiger charge is 2.26. The normalized spacial score (nSPS) is 15.4. The molecule has 2 amide bonds. The summed E-state index contributed by atoms with van der Waals surface area (Å²) >= 11 is 0. The number of aromatic nitrogens is 1. The third-order valence-corrected chi connectivity index (χ3v) is 7.07. The monoisotopic (exact) mass is 493 g/mol. The molecule has 1 fully saturated rings. The first kappa shape index (κ1) is 25.6. The van der Waals surface area contributed by atoms with Gasteiger partial charge in [-0.2, -0.15) is 5.26 Å². The molecule has 1 aromatic carbocycles. The number of likely N-dealkylation sites (N-methyl/N-ethyl adjacent to an activating group) is 1. The molecule has 0 atom stereocenters. The van der Waals surface area contributed by atoms with Gasteiger partial charge in [0.15, 0.2) is 11.5 Å². The van der Waals surface area contributed by atoms with E-state index in [2.05, 4.69) is 21.3 Å². The second kappa shape index (κ2) is 11.5. The Kier molecular flexibility index (Phi) is 8.16. The molecule has 1 saturated carbocycles. The molecule has 1 aromatic heterocycles. The van der Waals surface area contributed by atoms with Crippen molar-refractivity contribution in [2.45, 2.75) is 58.9 Å². The molecule has 2 N–H and O–H groups in total. The summed E-state index contributed by atoms with van der Waals surface area (Å²) in [5.41, 5.74) is 3.06. The van der Waals surface area contributed by atoms with Crippen LogP contribution in [0.25, 0.3) is 0 Å². The molecule has 192 valence electrons. The van der Waals surface area contributed by atoms with Crippen molar-refractivity contribution in [2.24, 2.45) is 0 Å². The fourth-order valence-corrected chi connectivity index (χ4v) is 5.06. The van der Waals surface area contributed by atoms with Crippen molar-refractivity contribution in [3.05, 3.63) is 35.0 Å². The Bertz CT molecular complexity index is 1160. The molecule has 9 heteroatoms. The maximum Gasteiger partial charge on any atom is 0.239 e. The number of amides is 2. The van der Waals surface area contributed by atoms with Crippen molar-refractivity contribution >= 4 is 23.3 Å². The number of anilines is 2. The molecule has 1 aliphatic heterocycles. The van der Waals surface area contributed by atoms with Gasteiger partial charge in [-0.25, -0.2) is 0 Å². The highest BCUT2D eigenvalue weighted by Crippen LogP contribution is 2.37.